The summed E-state index contributed by atoms with van der Waals surface area (Å²) in [7, 11) is 0. The lowest BCUT2D eigenvalue weighted by Gasteiger charge is -2.16. The van der Waals surface area contributed by atoms with E-state index in [1.807, 2.05) is 16.8 Å². The first-order valence-corrected chi connectivity index (χ1v) is 6.96. The fourth-order valence-electron chi connectivity index (χ4n) is 1.97. The van der Waals surface area contributed by atoms with E-state index >= 15 is 0 Å². The molecular formula is C14H13F4NS. The molecule has 2 N–H and O–H groups in total. The molecule has 0 spiro atoms. The summed E-state index contributed by atoms with van der Waals surface area (Å²) in [5.41, 5.74) is 5.52. The smallest absolute Gasteiger partial charge is 0.324 e. The zero-order valence-corrected chi connectivity index (χ0v) is 11.3. The molecule has 1 heterocycles. The Kier molecular flexibility index (Phi) is 4.45. The van der Waals surface area contributed by atoms with Gasteiger partial charge in [-0.2, -0.15) is 24.5 Å². The Labute approximate surface area is 118 Å². The van der Waals surface area contributed by atoms with Gasteiger partial charge in [0.25, 0.3) is 0 Å². The number of benzene rings is 1. The lowest BCUT2D eigenvalue weighted by molar-refractivity contribution is -0.140. The molecule has 0 fully saturated rings. The molecule has 1 atom stereocenters. The molecule has 2 aromatic rings. The molecule has 1 nitrogen and oxygen atoms in total. The van der Waals surface area contributed by atoms with Crippen LogP contribution in [0.4, 0.5) is 17.6 Å². The van der Waals surface area contributed by atoms with Gasteiger partial charge in [0.15, 0.2) is 0 Å². The van der Waals surface area contributed by atoms with Crippen LogP contribution in [0.2, 0.25) is 0 Å². The van der Waals surface area contributed by atoms with E-state index in [-0.39, 0.29) is 5.56 Å². The molecule has 0 aliphatic heterocycles. The normalized spacial score (nSPS) is 13.4. The van der Waals surface area contributed by atoms with E-state index in [1.165, 1.54) is 23.5 Å². The Balaban J connectivity index is 2.15. The highest BCUT2D eigenvalue weighted by atomic mass is 32.1. The molecule has 0 aliphatic carbocycles. The average Bonchev–Trinajstić information content (AvgIpc) is 2.88. The fourth-order valence-corrected chi connectivity index (χ4v) is 2.67. The molecule has 1 aromatic carbocycles. The second-order valence-corrected chi connectivity index (χ2v) is 5.26. The van der Waals surface area contributed by atoms with Gasteiger partial charge < -0.3 is 5.73 Å². The minimum atomic E-state index is -4.70. The van der Waals surface area contributed by atoms with Crippen LogP contribution in [0.15, 0.2) is 35.0 Å². The molecule has 0 aliphatic rings. The second-order valence-electron chi connectivity index (χ2n) is 4.48. The van der Waals surface area contributed by atoms with Gasteiger partial charge >= 0.3 is 6.18 Å². The Morgan fingerprint density at radius 3 is 2.55 bits per heavy atom. The first-order chi connectivity index (χ1) is 9.39. The van der Waals surface area contributed by atoms with E-state index in [0.29, 0.717) is 12.8 Å². The van der Waals surface area contributed by atoms with E-state index in [9.17, 15) is 17.6 Å². The molecule has 20 heavy (non-hydrogen) atoms. The maximum atomic E-state index is 13.9. The monoisotopic (exact) mass is 303 g/mol. The number of hydrogen-bond acceptors (Lipinski definition) is 2. The number of nitrogens with two attached hydrogens (primary N) is 1. The number of alkyl halides is 3. The van der Waals surface area contributed by atoms with Crippen LogP contribution in [-0.4, -0.2) is 0 Å². The fraction of sp³-hybridized carbons (Fsp3) is 0.286. The first-order valence-electron chi connectivity index (χ1n) is 6.02. The van der Waals surface area contributed by atoms with Gasteiger partial charge in [0.1, 0.15) is 5.82 Å². The molecule has 0 amide bonds. The third-order valence-corrected chi connectivity index (χ3v) is 3.79. The van der Waals surface area contributed by atoms with Gasteiger partial charge in [0, 0.05) is 11.6 Å². The van der Waals surface area contributed by atoms with Gasteiger partial charge in [0.05, 0.1) is 5.56 Å². The molecule has 6 heteroatoms. The van der Waals surface area contributed by atoms with Gasteiger partial charge in [-0.25, -0.2) is 4.39 Å². The number of thiophene rings is 1. The average molecular weight is 303 g/mol. The van der Waals surface area contributed by atoms with Gasteiger partial charge in [-0.05, 0) is 41.3 Å². The van der Waals surface area contributed by atoms with Crippen LogP contribution in [0.1, 0.15) is 29.2 Å². The number of halogens is 4. The molecule has 2 rings (SSSR count). The minimum absolute atomic E-state index is 0.0879. The van der Waals surface area contributed by atoms with E-state index in [1.54, 1.807) is 0 Å². The molecule has 0 saturated carbocycles. The van der Waals surface area contributed by atoms with Gasteiger partial charge in [-0.15, -0.1) is 0 Å². The van der Waals surface area contributed by atoms with E-state index in [4.69, 9.17) is 5.73 Å². The van der Waals surface area contributed by atoms with Gasteiger partial charge in [-0.1, -0.05) is 12.1 Å². The van der Waals surface area contributed by atoms with Crippen LogP contribution in [0.3, 0.4) is 0 Å². The Morgan fingerprint density at radius 2 is 1.95 bits per heavy atom. The molecule has 1 unspecified atom stereocenters. The maximum Gasteiger partial charge on any atom is 0.419 e. The van der Waals surface area contributed by atoms with Crippen molar-refractivity contribution < 1.29 is 17.6 Å². The summed E-state index contributed by atoms with van der Waals surface area (Å²) in [6.45, 7) is 0. The Bertz CT molecular complexity index is 563. The van der Waals surface area contributed by atoms with Crippen molar-refractivity contribution in [3.63, 3.8) is 0 Å². The predicted molar refractivity (Wildman–Crippen MR) is 71.0 cm³/mol. The van der Waals surface area contributed by atoms with Crippen molar-refractivity contribution in [2.75, 3.05) is 0 Å². The lowest BCUT2D eigenvalue weighted by Crippen LogP contribution is -2.17. The van der Waals surface area contributed by atoms with Crippen molar-refractivity contribution >= 4 is 11.3 Å². The van der Waals surface area contributed by atoms with Crippen LogP contribution in [0.25, 0.3) is 0 Å². The zero-order chi connectivity index (χ0) is 14.8. The molecule has 0 saturated heterocycles. The summed E-state index contributed by atoms with van der Waals surface area (Å²) in [6.07, 6.45) is -3.69. The minimum Gasteiger partial charge on any atom is -0.324 e. The van der Waals surface area contributed by atoms with Crippen LogP contribution < -0.4 is 5.73 Å². The molecule has 1 aromatic heterocycles. The van der Waals surface area contributed by atoms with Crippen molar-refractivity contribution in [1.29, 1.82) is 0 Å². The maximum absolute atomic E-state index is 13.9. The molecule has 0 radical (unpaired) electrons. The van der Waals surface area contributed by atoms with Crippen molar-refractivity contribution in [2.45, 2.75) is 25.1 Å². The highest BCUT2D eigenvalue weighted by Gasteiger charge is 2.35. The van der Waals surface area contributed by atoms with Crippen LogP contribution in [-0.2, 0) is 12.6 Å². The number of aryl methyl sites for hydroxylation is 1. The predicted octanol–water partition coefficient (Wildman–Crippen LogP) is 4.54. The largest absolute Gasteiger partial charge is 0.419 e. The summed E-state index contributed by atoms with van der Waals surface area (Å²) in [5, 5.41) is 3.85. The highest BCUT2D eigenvalue weighted by molar-refractivity contribution is 7.07. The van der Waals surface area contributed by atoms with E-state index in [0.717, 1.165) is 11.6 Å². The highest BCUT2D eigenvalue weighted by Crippen LogP contribution is 2.34. The topological polar surface area (TPSA) is 26.0 Å². The van der Waals surface area contributed by atoms with E-state index in [2.05, 4.69) is 0 Å². The quantitative estimate of drug-likeness (QED) is 0.825. The SMILES string of the molecule is NC(CCc1ccsc1)c1cccc(C(F)(F)F)c1F. The third-order valence-electron chi connectivity index (χ3n) is 3.06. The van der Waals surface area contributed by atoms with Crippen LogP contribution in [0.5, 0.6) is 0 Å². The van der Waals surface area contributed by atoms with Gasteiger partial charge in [0.2, 0.25) is 0 Å². The zero-order valence-electron chi connectivity index (χ0n) is 10.5. The first kappa shape index (κ1) is 15.0. The molecule has 0 bridgehead atoms. The second kappa shape index (κ2) is 5.93. The summed E-state index contributed by atoms with van der Waals surface area (Å²) in [6, 6.07) is 4.39. The summed E-state index contributed by atoms with van der Waals surface area (Å²) >= 11 is 1.53. The van der Waals surface area contributed by atoms with E-state index < -0.39 is 23.6 Å². The van der Waals surface area contributed by atoms with Crippen molar-refractivity contribution in [1.82, 2.24) is 0 Å². The number of hydrogen-bond donors (Lipinski definition) is 1. The van der Waals surface area contributed by atoms with Crippen molar-refractivity contribution in [3.8, 4) is 0 Å². The van der Waals surface area contributed by atoms with Gasteiger partial charge in [-0.3, -0.25) is 0 Å². The van der Waals surface area contributed by atoms with Crippen molar-refractivity contribution in [2.24, 2.45) is 5.73 Å². The Hall–Kier alpha value is -1.40. The summed E-state index contributed by atoms with van der Waals surface area (Å²) < 4.78 is 51.8. The van der Waals surface area contributed by atoms with Crippen LogP contribution >= 0.6 is 11.3 Å². The third kappa shape index (κ3) is 3.37. The van der Waals surface area contributed by atoms with Crippen molar-refractivity contribution in [3.05, 3.63) is 57.5 Å². The molecular weight excluding hydrogens is 290 g/mol. The summed E-state index contributed by atoms with van der Waals surface area (Å²) in [4.78, 5) is 0. The summed E-state index contributed by atoms with van der Waals surface area (Å²) in [5.74, 6) is -1.27. The standard InChI is InChI=1S/C14H13F4NS/c15-13-10(2-1-3-11(13)14(16,17)18)12(19)5-4-9-6-7-20-8-9/h1-3,6-8,12H,4-5,19H2. The molecule has 108 valence electrons. The van der Waals surface area contributed by atoms with Crippen LogP contribution in [0, 0.1) is 5.82 Å². The Morgan fingerprint density at radius 1 is 1.20 bits per heavy atom. The number of rotatable bonds is 4. The lowest BCUT2D eigenvalue weighted by atomic mass is 9.98.